The maximum absolute atomic E-state index is 8.84. The van der Waals surface area contributed by atoms with E-state index in [1.165, 1.54) is 0 Å². The highest BCUT2D eigenvalue weighted by atomic mass is 35.5. The van der Waals surface area contributed by atoms with E-state index in [9.17, 15) is 0 Å². The van der Waals surface area contributed by atoms with E-state index >= 15 is 0 Å². The number of hydrogen-bond acceptors (Lipinski definition) is 4. The molecule has 0 aromatic heterocycles. The molecule has 20 heavy (non-hydrogen) atoms. The lowest BCUT2D eigenvalue weighted by Gasteiger charge is -2.36. The van der Waals surface area contributed by atoms with Gasteiger partial charge >= 0.3 is 0 Å². The van der Waals surface area contributed by atoms with E-state index in [1.54, 1.807) is 12.1 Å². The molecule has 3 rings (SSSR count). The quantitative estimate of drug-likeness (QED) is 0.908. The van der Waals surface area contributed by atoms with Gasteiger partial charge in [0.15, 0.2) is 5.79 Å². The molecular formula is C15H17ClN2O2. The van der Waals surface area contributed by atoms with E-state index in [0.717, 1.165) is 31.4 Å². The summed E-state index contributed by atoms with van der Waals surface area (Å²) in [7, 11) is 0. The van der Waals surface area contributed by atoms with Crippen LogP contribution in [0.5, 0.6) is 0 Å². The average Bonchev–Trinajstić information content (AvgIpc) is 2.92. The number of benzene rings is 1. The first-order chi connectivity index (χ1) is 9.71. The van der Waals surface area contributed by atoms with Gasteiger partial charge in [0.2, 0.25) is 0 Å². The molecule has 1 aliphatic carbocycles. The van der Waals surface area contributed by atoms with Crippen LogP contribution in [0, 0.1) is 11.3 Å². The van der Waals surface area contributed by atoms with Crippen molar-refractivity contribution >= 4 is 17.3 Å². The third-order valence-corrected chi connectivity index (χ3v) is 4.33. The normalized spacial score (nSPS) is 21.8. The SMILES string of the molecule is N#Cc1ccc(NC2CCC3(CC2)OCCO3)c(Cl)c1. The van der Waals surface area contributed by atoms with Gasteiger partial charge in [-0.25, -0.2) is 0 Å². The van der Waals surface area contributed by atoms with Crippen molar-refractivity contribution < 1.29 is 9.47 Å². The molecule has 0 bridgehead atoms. The topological polar surface area (TPSA) is 54.3 Å². The van der Waals surface area contributed by atoms with Crippen molar-refractivity contribution in [1.29, 1.82) is 5.26 Å². The van der Waals surface area contributed by atoms with E-state index in [1.807, 2.05) is 6.07 Å². The monoisotopic (exact) mass is 292 g/mol. The van der Waals surface area contributed by atoms with Crippen LogP contribution in [0.1, 0.15) is 31.2 Å². The first-order valence-electron chi connectivity index (χ1n) is 6.95. The molecule has 1 heterocycles. The Morgan fingerprint density at radius 3 is 2.55 bits per heavy atom. The summed E-state index contributed by atoms with van der Waals surface area (Å²) in [5.41, 5.74) is 1.47. The van der Waals surface area contributed by atoms with Crippen molar-refractivity contribution in [2.45, 2.75) is 37.5 Å². The number of halogens is 1. The largest absolute Gasteiger partial charge is 0.381 e. The second-order valence-electron chi connectivity index (χ2n) is 5.33. The van der Waals surface area contributed by atoms with Gasteiger partial charge in [-0.2, -0.15) is 5.26 Å². The summed E-state index contributed by atoms with van der Waals surface area (Å²) in [5.74, 6) is -0.327. The third kappa shape index (κ3) is 2.76. The minimum atomic E-state index is -0.327. The third-order valence-electron chi connectivity index (χ3n) is 4.02. The van der Waals surface area contributed by atoms with Crippen LogP contribution >= 0.6 is 11.6 Å². The lowest BCUT2D eigenvalue weighted by Crippen LogP contribution is -2.39. The zero-order valence-electron chi connectivity index (χ0n) is 11.2. The number of nitriles is 1. The highest BCUT2D eigenvalue weighted by Gasteiger charge is 2.40. The van der Waals surface area contributed by atoms with E-state index in [-0.39, 0.29) is 5.79 Å². The summed E-state index contributed by atoms with van der Waals surface area (Å²) in [4.78, 5) is 0. The van der Waals surface area contributed by atoms with Crippen LogP contribution in [0.25, 0.3) is 0 Å². The van der Waals surface area contributed by atoms with Crippen LogP contribution in [-0.4, -0.2) is 25.0 Å². The lowest BCUT2D eigenvalue weighted by molar-refractivity contribution is -0.177. The highest BCUT2D eigenvalue weighted by molar-refractivity contribution is 6.33. The Kier molecular flexibility index (Phi) is 3.84. The Morgan fingerprint density at radius 2 is 1.95 bits per heavy atom. The number of nitrogens with zero attached hydrogens (tertiary/aromatic N) is 1. The van der Waals surface area contributed by atoms with Gasteiger partial charge in [0, 0.05) is 18.9 Å². The highest BCUT2D eigenvalue weighted by Crippen LogP contribution is 2.37. The van der Waals surface area contributed by atoms with Crippen LogP contribution in [-0.2, 0) is 9.47 Å². The van der Waals surface area contributed by atoms with Crippen molar-refractivity contribution in [1.82, 2.24) is 0 Å². The molecule has 0 amide bonds. The molecule has 0 unspecified atom stereocenters. The number of rotatable bonds is 2. The Bertz CT molecular complexity index is 525. The predicted octanol–water partition coefficient (Wildman–Crippen LogP) is 3.31. The Labute approximate surface area is 123 Å². The van der Waals surface area contributed by atoms with Gasteiger partial charge in [-0.1, -0.05) is 11.6 Å². The zero-order valence-corrected chi connectivity index (χ0v) is 11.9. The summed E-state index contributed by atoms with van der Waals surface area (Å²) in [6.07, 6.45) is 3.82. The molecule has 2 fully saturated rings. The fourth-order valence-electron chi connectivity index (χ4n) is 2.91. The molecule has 0 radical (unpaired) electrons. The molecule has 1 N–H and O–H groups in total. The van der Waals surface area contributed by atoms with Crippen LogP contribution in [0.4, 0.5) is 5.69 Å². The number of hydrogen-bond donors (Lipinski definition) is 1. The Morgan fingerprint density at radius 1 is 1.25 bits per heavy atom. The summed E-state index contributed by atoms with van der Waals surface area (Å²) in [5, 5.41) is 12.9. The van der Waals surface area contributed by atoms with Gasteiger partial charge in [0.25, 0.3) is 0 Å². The molecule has 1 aromatic rings. The Balaban J connectivity index is 1.61. The maximum Gasteiger partial charge on any atom is 0.168 e. The van der Waals surface area contributed by atoms with Gasteiger partial charge in [-0.15, -0.1) is 0 Å². The number of ether oxygens (including phenoxy) is 2. The van der Waals surface area contributed by atoms with E-state index in [4.69, 9.17) is 26.3 Å². The first-order valence-corrected chi connectivity index (χ1v) is 7.33. The van der Waals surface area contributed by atoms with Crippen molar-refractivity contribution in [3.8, 4) is 6.07 Å². The molecule has 1 spiro atoms. The fraction of sp³-hybridized carbons (Fsp3) is 0.533. The van der Waals surface area contributed by atoms with Crippen molar-refractivity contribution in [3.05, 3.63) is 28.8 Å². The summed E-state index contributed by atoms with van der Waals surface area (Å²) in [6, 6.07) is 7.80. The van der Waals surface area contributed by atoms with E-state index in [0.29, 0.717) is 29.8 Å². The molecule has 0 atom stereocenters. The summed E-state index contributed by atoms with van der Waals surface area (Å²) in [6.45, 7) is 1.42. The molecule has 2 aliphatic rings. The van der Waals surface area contributed by atoms with Gasteiger partial charge < -0.3 is 14.8 Å². The molecule has 1 aliphatic heterocycles. The van der Waals surface area contributed by atoms with Gasteiger partial charge in [0.05, 0.1) is 35.6 Å². The molecule has 5 heteroatoms. The minimum absolute atomic E-state index is 0.327. The lowest BCUT2D eigenvalue weighted by atomic mass is 9.90. The average molecular weight is 293 g/mol. The molecule has 4 nitrogen and oxygen atoms in total. The van der Waals surface area contributed by atoms with E-state index in [2.05, 4.69) is 11.4 Å². The van der Waals surface area contributed by atoms with Crippen molar-refractivity contribution in [2.75, 3.05) is 18.5 Å². The molecular weight excluding hydrogens is 276 g/mol. The number of anilines is 1. The van der Waals surface area contributed by atoms with Gasteiger partial charge in [-0.05, 0) is 31.0 Å². The van der Waals surface area contributed by atoms with Gasteiger partial charge in [0.1, 0.15) is 0 Å². The molecule has 106 valence electrons. The van der Waals surface area contributed by atoms with Crippen LogP contribution in [0.3, 0.4) is 0 Å². The van der Waals surface area contributed by atoms with Gasteiger partial charge in [-0.3, -0.25) is 0 Å². The predicted molar refractivity (Wildman–Crippen MR) is 76.7 cm³/mol. The van der Waals surface area contributed by atoms with Crippen LogP contribution in [0.15, 0.2) is 18.2 Å². The molecule has 1 saturated heterocycles. The second-order valence-corrected chi connectivity index (χ2v) is 5.74. The minimum Gasteiger partial charge on any atom is -0.381 e. The smallest absolute Gasteiger partial charge is 0.168 e. The first kappa shape index (κ1) is 13.7. The zero-order chi connectivity index (χ0) is 14.0. The summed E-state index contributed by atoms with van der Waals surface area (Å²) < 4.78 is 11.4. The van der Waals surface area contributed by atoms with Crippen molar-refractivity contribution in [2.24, 2.45) is 0 Å². The maximum atomic E-state index is 8.84. The van der Waals surface area contributed by atoms with E-state index < -0.39 is 0 Å². The summed E-state index contributed by atoms with van der Waals surface area (Å²) >= 11 is 6.18. The second kappa shape index (κ2) is 5.61. The Hall–Kier alpha value is -1.28. The van der Waals surface area contributed by atoms with Crippen molar-refractivity contribution in [3.63, 3.8) is 0 Å². The molecule has 1 aromatic carbocycles. The molecule has 1 saturated carbocycles. The fourth-order valence-corrected chi connectivity index (χ4v) is 3.14. The van der Waals surface area contributed by atoms with Crippen LogP contribution in [0.2, 0.25) is 5.02 Å². The number of nitrogens with one attached hydrogen (secondary N) is 1. The standard InChI is InChI=1S/C15H17ClN2O2/c16-13-9-11(10-17)1-2-14(13)18-12-3-5-15(6-4-12)19-7-8-20-15/h1-2,9,12,18H,3-8H2. The van der Waals surface area contributed by atoms with Crippen LogP contribution < -0.4 is 5.32 Å².